The van der Waals surface area contributed by atoms with Crippen molar-refractivity contribution in [3.8, 4) is 10.4 Å². The number of β-amino-alcohol motifs (C(OH)–C–C–N with tert-alkyl or cyclic N) is 1. The van der Waals surface area contributed by atoms with Crippen molar-refractivity contribution >= 4 is 29.1 Å². The van der Waals surface area contributed by atoms with Crippen LogP contribution in [0.4, 0.5) is 0 Å². The number of aliphatic hydroxyl groups excluding tert-OH is 1. The number of carbonyl (C=O) groups excluding carboxylic acids is 3. The smallest absolute Gasteiger partial charge is 0.246 e. The van der Waals surface area contributed by atoms with Gasteiger partial charge in [0.05, 0.1) is 22.2 Å². The average molecular weight is 485 g/mol. The van der Waals surface area contributed by atoms with Crippen LogP contribution in [0.1, 0.15) is 44.4 Å². The second-order valence-electron chi connectivity index (χ2n) is 9.46. The summed E-state index contributed by atoms with van der Waals surface area (Å²) in [5, 5.41) is 13.2. The Morgan fingerprint density at radius 2 is 2.00 bits per heavy atom. The Morgan fingerprint density at radius 3 is 2.59 bits per heavy atom. The predicted octanol–water partition coefficient (Wildman–Crippen LogP) is 2.34. The number of carbonyl (C=O) groups is 3. The molecule has 0 spiro atoms. The number of thiazole rings is 1. The molecule has 9 heteroatoms. The molecular formula is C25H32N4O4S. The molecule has 3 atom stereocenters. The minimum atomic E-state index is -0.760. The van der Waals surface area contributed by atoms with Crippen molar-refractivity contribution < 1.29 is 19.5 Å². The molecule has 1 aromatic heterocycles. The number of hydrogen-bond donors (Lipinski definition) is 2. The molecular weight excluding hydrogens is 452 g/mol. The standard InChI is InChI=1S/C25H32N4O4S/c1-15(2)22(28-10-4-5-21(28)31)25(33)29-13-19(30)11-20(29)24(32)26-12-17-6-8-18(9-7-17)23-16(3)27-14-34-23/h6-9,14-15,19-20,22,30H,4-5,10-13H2,1-3H3,(H,26,32)/t19?,20-,22-/m0/s1. The monoisotopic (exact) mass is 484 g/mol. The van der Waals surface area contributed by atoms with Gasteiger partial charge in [0.25, 0.3) is 0 Å². The van der Waals surface area contributed by atoms with Gasteiger partial charge in [0.15, 0.2) is 0 Å². The maximum atomic E-state index is 13.5. The number of benzene rings is 1. The maximum Gasteiger partial charge on any atom is 0.246 e. The van der Waals surface area contributed by atoms with E-state index in [9.17, 15) is 19.5 Å². The third kappa shape index (κ3) is 5.00. The summed E-state index contributed by atoms with van der Waals surface area (Å²) < 4.78 is 0. The number of likely N-dealkylation sites (tertiary alicyclic amines) is 2. The molecule has 2 N–H and O–H groups in total. The van der Waals surface area contributed by atoms with E-state index in [4.69, 9.17) is 0 Å². The molecule has 4 rings (SSSR count). The van der Waals surface area contributed by atoms with Crippen molar-refractivity contribution in [2.75, 3.05) is 13.1 Å². The minimum Gasteiger partial charge on any atom is -0.391 e. The van der Waals surface area contributed by atoms with E-state index in [0.29, 0.717) is 19.5 Å². The first-order valence-corrected chi connectivity index (χ1v) is 12.7. The van der Waals surface area contributed by atoms with Gasteiger partial charge in [0.1, 0.15) is 12.1 Å². The SMILES string of the molecule is Cc1ncsc1-c1ccc(CNC(=O)[C@@H]2CC(O)CN2C(=O)[C@H](C(C)C)N2CCCC2=O)cc1. The van der Waals surface area contributed by atoms with E-state index in [0.717, 1.165) is 28.1 Å². The highest BCUT2D eigenvalue weighted by molar-refractivity contribution is 7.13. The Kier molecular flexibility index (Phi) is 7.33. The molecule has 8 nitrogen and oxygen atoms in total. The maximum absolute atomic E-state index is 13.5. The van der Waals surface area contributed by atoms with Gasteiger partial charge in [-0.05, 0) is 30.4 Å². The van der Waals surface area contributed by atoms with Gasteiger partial charge in [-0.2, -0.15) is 0 Å². The van der Waals surface area contributed by atoms with Crippen molar-refractivity contribution in [1.82, 2.24) is 20.1 Å². The lowest BCUT2D eigenvalue weighted by molar-refractivity contribution is -0.148. The number of aryl methyl sites for hydroxylation is 1. The van der Waals surface area contributed by atoms with E-state index in [2.05, 4.69) is 10.3 Å². The number of amides is 3. The van der Waals surface area contributed by atoms with E-state index in [1.807, 2.05) is 50.5 Å². The Bertz CT molecular complexity index is 1050. The zero-order valence-corrected chi connectivity index (χ0v) is 20.7. The molecule has 3 amide bonds. The van der Waals surface area contributed by atoms with Crippen LogP contribution in [-0.2, 0) is 20.9 Å². The lowest BCUT2D eigenvalue weighted by Crippen LogP contribution is -2.55. The van der Waals surface area contributed by atoms with E-state index in [1.54, 1.807) is 16.2 Å². The molecule has 34 heavy (non-hydrogen) atoms. The van der Waals surface area contributed by atoms with Gasteiger partial charge >= 0.3 is 0 Å². The topological polar surface area (TPSA) is 103 Å². The van der Waals surface area contributed by atoms with Gasteiger partial charge in [0, 0.05) is 32.5 Å². The highest BCUT2D eigenvalue weighted by Gasteiger charge is 2.44. The molecule has 0 aliphatic carbocycles. The largest absolute Gasteiger partial charge is 0.391 e. The van der Waals surface area contributed by atoms with Crippen LogP contribution in [0.2, 0.25) is 0 Å². The van der Waals surface area contributed by atoms with E-state index in [1.165, 1.54) is 4.90 Å². The molecule has 2 aliphatic heterocycles. The summed E-state index contributed by atoms with van der Waals surface area (Å²) in [6, 6.07) is 6.60. The molecule has 1 aromatic carbocycles. The van der Waals surface area contributed by atoms with Crippen LogP contribution in [0.5, 0.6) is 0 Å². The van der Waals surface area contributed by atoms with Crippen LogP contribution in [-0.4, -0.2) is 68.9 Å². The van der Waals surface area contributed by atoms with Gasteiger partial charge in [-0.25, -0.2) is 4.98 Å². The highest BCUT2D eigenvalue weighted by atomic mass is 32.1. The van der Waals surface area contributed by atoms with Gasteiger partial charge in [0.2, 0.25) is 17.7 Å². The zero-order valence-electron chi connectivity index (χ0n) is 19.9. The summed E-state index contributed by atoms with van der Waals surface area (Å²) in [5.74, 6) is -0.657. The second kappa shape index (κ2) is 10.2. The average Bonchev–Trinajstić information content (AvgIpc) is 3.53. The van der Waals surface area contributed by atoms with Crippen molar-refractivity contribution in [1.29, 1.82) is 0 Å². The fraction of sp³-hybridized carbons (Fsp3) is 0.520. The minimum absolute atomic E-state index is 0.0234. The third-order valence-electron chi connectivity index (χ3n) is 6.62. The van der Waals surface area contributed by atoms with Crippen LogP contribution in [0, 0.1) is 12.8 Å². The number of hydrogen-bond acceptors (Lipinski definition) is 6. The Balaban J connectivity index is 1.42. The summed E-state index contributed by atoms with van der Waals surface area (Å²) in [6.07, 6.45) is 0.622. The van der Waals surface area contributed by atoms with Gasteiger partial charge in [-0.15, -0.1) is 11.3 Å². The van der Waals surface area contributed by atoms with E-state index < -0.39 is 18.2 Å². The summed E-state index contributed by atoms with van der Waals surface area (Å²) >= 11 is 1.59. The van der Waals surface area contributed by atoms with Gasteiger partial charge in [-0.3, -0.25) is 14.4 Å². The fourth-order valence-electron chi connectivity index (χ4n) is 4.88. The fourth-order valence-corrected chi connectivity index (χ4v) is 5.69. The molecule has 0 saturated carbocycles. The summed E-state index contributed by atoms with van der Waals surface area (Å²) in [6.45, 7) is 6.78. The number of aliphatic hydroxyl groups is 1. The highest BCUT2D eigenvalue weighted by Crippen LogP contribution is 2.28. The van der Waals surface area contributed by atoms with Crippen LogP contribution in [0.3, 0.4) is 0 Å². The summed E-state index contributed by atoms with van der Waals surface area (Å²) in [5.41, 5.74) is 4.84. The zero-order chi connectivity index (χ0) is 24.4. The van der Waals surface area contributed by atoms with Crippen LogP contribution in [0.15, 0.2) is 29.8 Å². The molecule has 182 valence electrons. The first-order chi connectivity index (χ1) is 16.3. The molecule has 2 aliphatic rings. The molecule has 0 radical (unpaired) electrons. The first kappa shape index (κ1) is 24.3. The van der Waals surface area contributed by atoms with E-state index >= 15 is 0 Å². The first-order valence-electron chi connectivity index (χ1n) is 11.8. The Labute approximate surface area is 204 Å². The summed E-state index contributed by atoms with van der Waals surface area (Å²) in [4.78, 5) is 47.4. The van der Waals surface area contributed by atoms with Gasteiger partial charge in [-0.1, -0.05) is 38.1 Å². The van der Waals surface area contributed by atoms with Crippen LogP contribution in [0.25, 0.3) is 10.4 Å². The predicted molar refractivity (Wildman–Crippen MR) is 130 cm³/mol. The second-order valence-corrected chi connectivity index (χ2v) is 10.3. The molecule has 2 aromatic rings. The molecule has 3 heterocycles. The quantitative estimate of drug-likeness (QED) is 0.628. The molecule has 0 bridgehead atoms. The molecule has 2 saturated heterocycles. The van der Waals surface area contributed by atoms with Gasteiger partial charge < -0.3 is 20.2 Å². The van der Waals surface area contributed by atoms with Crippen LogP contribution < -0.4 is 5.32 Å². The lowest BCUT2D eigenvalue weighted by Gasteiger charge is -2.35. The van der Waals surface area contributed by atoms with Crippen molar-refractivity contribution in [2.45, 2.75) is 64.8 Å². The van der Waals surface area contributed by atoms with Crippen LogP contribution >= 0.6 is 11.3 Å². The lowest BCUT2D eigenvalue weighted by atomic mass is 10.0. The number of aromatic nitrogens is 1. The Hall–Kier alpha value is -2.78. The van der Waals surface area contributed by atoms with Crippen molar-refractivity contribution in [2.24, 2.45) is 5.92 Å². The van der Waals surface area contributed by atoms with Crippen molar-refractivity contribution in [3.63, 3.8) is 0 Å². The third-order valence-corrected chi connectivity index (χ3v) is 7.60. The van der Waals surface area contributed by atoms with Crippen molar-refractivity contribution in [3.05, 3.63) is 41.0 Å². The summed E-state index contributed by atoms with van der Waals surface area (Å²) in [7, 11) is 0. The van der Waals surface area contributed by atoms with E-state index in [-0.39, 0.29) is 36.6 Å². The number of nitrogens with zero attached hydrogens (tertiary/aromatic N) is 3. The number of rotatable bonds is 7. The molecule has 1 unspecified atom stereocenters. The number of nitrogens with one attached hydrogen (secondary N) is 1. The Morgan fingerprint density at radius 1 is 1.26 bits per heavy atom. The molecule has 2 fully saturated rings. The normalized spacial score (nSPS) is 21.4.